The monoisotopic (exact) mass is 128 g/mol. The molecular formula is C7H12S. The lowest BCUT2D eigenvalue weighted by Gasteiger charge is -2.06. The number of hydrogen-bond acceptors (Lipinski definition) is 1. The van der Waals surface area contributed by atoms with Gasteiger partial charge in [0.25, 0.3) is 0 Å². The van der Waals surface area contributed by atoms with E-state index >= 15 is 0 Å². The van der Waals surface area contributed by atoms with Gasteiger partial charge < -0.3 is 0 Å². The molecule has 1 aliphatic rings. The fourth-order valence-electron chi connectivity index (χ4n) is 1.12. The molecule has 0 N–H and O–H groups in total. The maximum atomic E-state index is 4.38. The first-order chi connectivity index (χ1) is 3.72. The summed E-state index contributed by atoms with van der Waals surface area (Å²) in [6.07, 6.45) is 2.47. The van der Waals surface area contributed by atoms with Crippen molar-refractivity contribution < 1.29 is 0 Å². The van der Waals surface area contributed by atoms with Crippen molar-refractivity contribution in [2.75, 3.05) is 0 Å². The summed E-state index contributed by atoms with van der Waals surface area (Å²) < 4.78 is 0. The van der Waals surface area contributed by atoms with E-state index in [0.29, 0.717) is 5.25 Å². The van der Waals surface area contributed by atoms with E-state index in [2.05, 4.69) is 26.1 Å². The summed E-state index contributed by atoms with van der Waals surface area (Å²) in [6.45, 7) is 6.14. The molecule has 8 heavy (non-hydrogen) atoms. The molecule has 0 aromatic carbocycles. The van der Waals surface area contributed by atoms with Crippen molar-refractivity contribution in [1.82, 2.24) is 0 Å². The van der Waals surface area contributed by atoms with Crippen LogP contribution in [0.15, 0.2) is 12.2 Å². The van der Waals surface area contributed by atoms with Gasteiger partial charge in [-0.3, -0.25) is 0 Å². The van der Waals surface area contributed by atoms with Gasteiger partial charge in [-0.1, -0.05) is 19.1 Å². The van der Waals surface area contributed by atoms with Crippen molar-refractivity contribution in [3.63, 3.8) is 0 Å². The highest BCUT2D eigenvalue weighted by atomic mass is 32.1. The minimum absolute atomic E-state index is 0.481. The van der Waals surface area contributed by atoms with Gasteiger partial charge in [0.1, 0.15) is 0 Å². The predicted octanol–water partition coefficient (Wildman–Crippen LogP) is 2.27. The first-order valence-electron chi connectivity index (χ1n) is 3.07. The Morgan fingerprint density at radius 1 is 1.75 bits per heavy atom. The fraction of sp³-hybridized carbons (Fsp3) is 0.714. The highest BCUT2D eigenvalue weighted by Gasteiger charge is 2.22. The van der Waals surface area contributed by atoms with Gasteiger partial charge in [-0.25, -0.2) is 0 Å². The van der Waals surface area contributed by atoms with Crippen LogP contribution in [0.2, 0.25) is 0 Å². The maximum absolute atomic E-state index is 4.38. The highest BCUT2D eigenvalue weighted by Crippen LogP contribution is 2.32. The van der Waals surface area contributed by atoms with Gasteiger partial charge in [-0.2, -0.15) is 12.6 Å². The summed E-state index contributed by atoms with van der Waals surface area (Å²) in [4.78, 5) is 0. The van der Waals surface area contributed by atoms with E-state index in [1.54, 1.807) is 0 Å². The van der Waals surface area contributed by atoms with Crippen molar-refractivity contribution in [1.29, 1.82) is 0 Å². The molecule has 2 atom stereocenters. The van der Waals surface area contributed by atoms with Crippen LogP contribution in [0.4, 0.5) is 0 Å². The molecule has 1 heteroatoms. The second-order valence-electron chi connectivity index (χ2n) is 2.62. The van der Waals surface area contributed by atoms with Crippen LogP contribution in [-0.2, 0) is 0 Å². The SMILES string of the molecule is C=C1CCC(C)C1S. The fourth-order valence-corrected chi connectivity index (χ4v) is 1.40. The molecule has 0 radical (unpaired) electrons. The molecule has 0 nitrogen and oxygen atoms in total. The molecule has 1 fully saturated rings. The van der Waals surface area contributed by atoms with Gasteiger partial charge in [0.2, 0.25) is 0 Å². The van der Waals surface area contributed by atoms with Crippen LogP contribution in [0.5, 0.6) is 0 Å². The van der Waals surface area contributed by atoms with Crippen molar-refractivity contribution in [2.24, 2.45) is 5.92 Å². The van der Waals surface area contributed by atoms with Crippen molar-refractivity contribution in [2.45, 2.75) is 25.0 Å². The van der Waals surface area contributed by atoms with Gasteiger partial charge in [-0.05, 0) is 18.8 Å². The number of rotatable bonds is 0. The van der Waals surface area contributed by atoms with E-state index < -0.39 is 0 Å². The van der Waals surface area contributed by atoms with Crippen molar-refractivity contribution in [3.05, 3.63) is 12.2 Å². The summed E-state index contributed by atoms with van der Waals surface area (Å²) in [5.74, 6) is 0.755. The Hall–Kier alpha value is 0.0900. The Bertz CT molecular complexity index is 107. The lowest BCUT2D eigenvalue weighted by atomic mass is 10.1. The summed E-state index contributed by atoms with van der Waals surface area (Å²) >= 11 is 4.38. The van der Waals surface area contributed by atoms with Crippen molar-refractivity contribution in [3.8, 4) is 0 Å². The molecular weight excluding hydrogens is 116 g/mol. The summed E-state index contributed by atoms with van der Waals surface area (Å²) in [5, 5.41) is 0.481. The van der Waals surface area contributed by atoms with Gasteiger partial charge in [0, 0.05) is 5.25 Å². The van der Waals surface area contributed by atoms with E-state index in [9.17, 15) is 0 Å². The largest absolute Gasteiger partial charge is 0.171 e. The van der Waals surface area contributed by atoms with Gasteiger partial charge in [-0.15, -0.1) is 0 Å². The third-order valence-corrected chi connectivity index (χ3v) is 2.75. The van der Waals surface area contributed by atoms with Crippen LogP contribution >= 0.6 is 12.6 Å². The quantitative estimate of drug-likeness (QED) is 0.375. The third kappa shape index (κ3) is 0.921. The lowest BCUT2D eigenvalue weighted by Crippen LogP contribution is -2.02. The van der Waals surface area contributed by atoms with Crippen LogP contribution in [0.1, 0.15) is 19.8 Å². The molecule has 0 saturated heterocycles. The third-order valence-electron chi connectivity index (χ3n) is 1.88. The Labute approximate surface area is 56.4 Å². The molecule has 0 aliphatic heterocycles. The topological polar surface area (TPSA) is 0 Å². The zero-order valence-corrected chi connectivity index (χ0v) is 6.12. The summed E-state index contributed by atoms with van der Waals surface area (Å²) in [7, 11) is 0. The summed E-state index contributed by atoms with van der Waals surface area (Å²) in [6, 6.07) is 0. The zero-order chi connectivity index (χ0) is 6.15. The van der Waals surface area contributed by atoms with Crippen LogP contribution in [-0.4, -0.2) is 5.25 Å². The molecule has 1 saturated carbocycles. The highest BCUT2D eigenvalue weighted by molar-refractivity contribution is 7.81. The zero-order valence-electron chi connectivity index (χ0n) is 5.22. The molecule has 0 spiro atoms. The second-order valence-corrected chi connectivity index (χ2v) is 3.18. The Morgan fingerprint density at radius 3 is 2.50 bits per heavy atom. The van der Waals surface area contributed by atoms with Gasteiger partial charge in [0.15, 0.2) is 0 Å². The van der Waals surface area contributed by atoms with E-state index in [-0.39, 0.29) is 0 Å². The maximum Gasteiger partial charge on any atom is 0.0249 e. The van der Waals surface area contributed by atoms with Crippen molar-refractivity contribution >= 4 is 12.6 Å². The molecule has 1 rings (SSSR count). The average molecular weight is 128 g/mol. The predicted molar refractivity (Wildman–Crippen MR) is 40.3 cm³/mol. The molecule has 46 valence electrons. The molecule has 0 bridgehead atoms. The minimum Gasteiger partial charge on any atom is -0.171 e. The first-order valence-corrected chi connectivity index (χ1v) is 3.59. The average Bonchev–Trinajstić information content (AvgIpc) is 1.98. The van der Waals surface area contributed by atoms with Gasteiger partial charge >= 0.3 is 0 Å². The normalized spacial score (nSPS) is 38.5. The van der Waals surface area contributed by atoms with Crippen LogP contribution in [0.25, 0.3) is 0 Å². The van der Waals surface area contributed by atoms with E-state index in [1.165, 1.54) is 18.4 Å². The van der Waals surface area contributed by atoms with Gasteiger partial charge in [0.05, 0.1) is 0 Å². The number of thiol groups is 1. The molecule has 0 heterocycles. The van der Waals surface area contributed by atoms with E-state index in [1.807, 2.05) is 0 Å². The molecule has 1 aliphatic carbocycles. The Balaban J connectivity index is 2.56. The standard InChI is InChI=1S/C7H12S/c1-5-3-4-6(2)7(5)8/h6-8H,1,3-4H2,2H3. The lowest BCUT2D eigenvalue weighted by molar-refractivity contribution is 0.632. The summed E-state index contributed by atoms with van der Waals surface area (Å²) in [5.41, 5.74) is 1.32. The molecule has 0 aromatic rings. The number of hydrogen-bond donors (Lipinski definition) is 1. The minimum atomic E-state index is 0.481. The Kier molecular flexibility index (Phi) is 1.66. The molecule has 0 amide bonds. The molecule has 2 unspecified atom stereocenters. The smallest absolute Gasteiger partial charge is 0.0249 e. The van der Waals surface area contributed by atoms with E-state index in [0.717, 1.165) is 5.92 Å². The first kappa shape index (κ1) is 6.21. The van der Waals surface area contributed by atoms with Crippen LogP contribution in [0, 0.1) is 5.92 Å². The van der Waals surface area contributed by atoms with Crippen LogP contribution in [0.3, 0.4) is 0 Å². The Morgan fingerprint density at radius 2 is 2.38 bits per heavy atom. The van der Waals surface area contributed by atoms with Crippen LogP contribution < -0.4 is 0 Å². The second kappa shape index (κ2) is 2.14. The molecule has 0 aromatic heterocycles. The van der Waals surface area contributed by atoms with E-state index in [4.69, 9.17) is 0 Å².